The summed E-state index contributed by atoms with van der Waals surface area (Å²) in [6.45, 7) is 3.34. The number of hydrogen-bond donors (Lipinski definition) is 3. The SMILES string of the molecule is CC(=O)Nc1ccc2c(c1)CN(c1c(F)c(N)c3c(=O)c(C(=O)O)cn(C4CC4)c3c1F)C2C. The molecule has 3 aromatic rings. The van der Waals surface area contributed by atoms with Crippen LogP contribution in [0.4, 0.5) is 25.8 Å². The lowest BCUT2D eigenvalue weighted by Crippen LogP contribution is -2.25. The van der Waals surface area contributed by atoms with Crippen molar-refractivity contribution < 1.29 is 23.5 Å². The van der Waals surface area contributed by atoms with Crippen LogP contribution in [0.2, 0.25) is 0 Å². The molecule has 0 saturated heterocycles. The zero-order valence-corrected chi connectivity index (χ0v) is 18.5. The molecule has 4 N–H and O–H groups in total. The van der Waals surface area contributed by atoms with Crippen LogP contribution >= 0.6 is 0 Å². The number of aromatic carboxylic acids is 1. The number of amides is 1. The van der Waals surface area contributed by atoms with Gasteiger partial charge in [0.05, 0.1) is 22.6 Å². The molecule has 0 spiro atoms. The van der Waals surface area contributed by atoms with Crippen LogP contribution in [-0.4, -0.2) is 21.6 Å². The van der Waals surface area contributed by atoms with Crippen molar-refractivity contribution in [1.29, 1.82) is 0 Å². The summed E-state index contributed by atoms with van der Waals surface area (Å²) in [6, 6.07) is 4.67. The monoisotopic (exact) mass is 468 g/mol. The molecule has 8 nitrogen and oxygen atoms in total. The van der Waals surface area contributed by atoms with Crippen LogP contribution in [0.25, 0.3) is 10.9 Å². The van der Waals surface area contributed by atoms with Crippen molar-refractivity contribution in [2.45, 2.75) is 45.3 Å². The maximum absolute atomic E-state index is 16.1. The number of carboxylic acids is 1. The second-order valence-electron chi connectivity index (χ2n) is 8.83. The highest BCUT2D eigenvalue weighted by Crippen LogP contribution is 2.45. The molecule has 5 rings (SSSR count). The van der Waals surface area contributed by atoms with Crippen LogP contribution in [0.5, 0.6) is 0 Å². The Hall–Kier alpha value is -3.95. The Morgan fingerprint density at radius 3 is 2.53 bits per heavy atom. The number of carbonyl (C=O) groups is 2. The maximum Gasteiger partial charge on any atom is 0.341 e. The molecular weight excluding hydrogens is 446 g/mol. The van der Waals surface area contributed by atoms with E-state index in [2.05, 4.69) is 5.32 Å². The first-order chi connectivity index (χ1) is 16.1. The number of halogens is 2. The topological polar surface area (TPSA) is 118 Å². The van der Waals surface area contributed by atoms with Gasteiger partial charge in [-0.2, -0.15) is 0 Å². The number of hydrogen-bond acceptors (Lipinski definition) is 5. The molecule has 10 heteroatoms. The smallest absolute Gasteiger partial charge is 0.341 e. The van der Waals surface area contributed by atoms with Gasteiger partial charge in [0.1, 0.15) is 11.3 Å². The quantitative estimate of drug-likeness (QED) is 0.500. The van der Waals surface area contributed by atoms with E-state index in [-0.39, 0.29) is 29.7 Å². The van der Waals surface area contributed by atoms with Gasteiger partial charge in [0.25, 0.3) is 0 Å². The van der Waals surface area contributed by atoms with Gasteiger partial charge in [0.15, 0.2) is 11.6 Å². The number of nitrogen functional groups attached to an aromatic ring is 1. The number of nitrogens with zero attached hydrogens (tertiary/aromatic N) is 2. The Morgan fingerprint density at radius 1 is 1.21 bits per heavy atom. The largest absolute Gasteiger partial charge is 0.477 e. The number of nitrogens with one attached hydrogen (secondary N) is 1. The van der Waals surface area contributed by atoms with Crippen LogP contribution < -0.4 is 21.4 Å². The van der Waals surface area contributed by atoms with Gasteiger partial charge in [-0.15, -0.1) is 0 Å². The zero-order chi connectivity index (χ0) is 24.5. The summed E-state index contributed by atoms with van der Waals surface area (Å²) in [5.74, 6) is -3.77. The molecule has 1 aliphatic carbocycles. The molecule has 2 aromatic carbocycles. The average Bonchev–Trinajstić information content (AvgIpc) is 3.56. The van der Waals surface area contributed by atoms with Gasteiger partial charge >= 0.3 is 5.97 Å². The summed E-state index contributed by atoms with van der Waals surface area (Å²) in [4.78, 5) is 37.4. The van der Waals surface area contributed by atoms with E-state index in [9.17, 15) is 19.5 Å². The van der Waals surface area contributed by atoms with Crippen LogP contribution in [0, 0.1) is 11.6 Å². The summed E-state index contributed by atoms with van der Waals surface area (Å²) in [5.41, 5.74) is 5.50. The minimum absolute atomic E-state index is 0.156. The molecular formula is C24H22F2N4O4. The van der Waals surface area contributed by atoms with Crippen LogP contribution in [0.15, 0.2) is 29.2 Å². The van der Waals surface area contributed by atoms with E-state index in [0.717, 1.165) is 17.3 Å². The second kappa shape index (κ2) is 7.54. The molecule has 2 heterocycles. The predicted octanol–water partition coefficient (Wildman–Crippen LogP) is 3.93. The van der Waals surface area contributed by atoms with E-state index < -0.39 is 45.7 Å². The maximum atomic E-state index is 16.1. The number of benzene rings is 2. The second-order valence-corrected chi connectivity index (χ2v) is 8.83. The van der Waals surface area contributed by atoms with Gasteiger partial charge in [-0.25, -0.2) is 13.6 Å². The van der Waals surface area contributed by atoms with Gasteiger partial charge in [-0.1, -0.05) is 6.07 Å². The lowest BCUT2D eigenvalue weighted by Gasteiger charge is -2.27. The van der Waals surface area contributed by atoms with Crippen molar-refractivity contribution in [2.75, 3.05) is 16.0 Å². The van der Waals surface area contributed by atoms with Crippen molar-refractivity contribution >= 4 is 39.8 Å². The molecule has 1 aromatic heterocycles. The van der Waals surface area contributed by atoms with Crippen LogP contribution in [-0.2, 0) is 11.3 Å². The number of aromatic nitrogens is 1. The Kier molecular flexibility index (Phi) is 4.85. The van der Waals surface area contributed by atoms with E-state index in [1.54, 1.807) is 25.1 Å². The normalized spacial score (nSPS) is 17.2. The highest BCUT2D eigenvalue weighted by molar-refractivity contribution is 6.00. The number of pyridine rings is 1. The number of rotatable bonds is 4. The summed E-state index contributed by atoms with van der Waals surface area (Å²) < 4.78 is 33.1. The first-order valence-electron chi connectivity index (χ1n) is 10.9. The minimum Gasteiger partial charge on any atom is -0.477 e. The first kappa shape index (κ1) is 21.9. The van der Waals surface area contributed by atoms with Crippen molar-refractivity contribution in [3.8, 4) is 0 Å². The van der Waals surface area contributed by atoms with E-state index in [1.165, 1.54) is 16.4 Å². The highest BCUT2D eigenvalue weighted by atomic mass is 19.1. The third-order valence-corrected chi connectivity index (χ3v) is 6.54. The summed E-state index contributed by atoms with van der Waals surface area (Å²) in [5, 5.41) is 11.7. The molecule has 1 fully saturated rings. The standard InChI is InChI=1S/C24H22F2N4O4/c1-10-15-6-3-13(28-11(2)31)7-12(15)8-29(10)22-18(25)20(27)17-21(19(22)26)30(14-4-5-14)9-16(23(17)32)24(33)34/h3,6-7,9-10,14H,4-5,8,27H2,1-2H3,(H,28,31)(H,33,34). The fraction of sp³-hybridized carbons (Fsp3) is 0.292. The molecule has 34 heavy (non-hydrogen) atoms. The van der Waals surface area contributed by atoms with Crippen molar-refractivity contribution in [2.24, 2.45) is 0 Å². The summed E-state index contributed by atoms with van der Waals surface area (Å²) in [7, 11) is 0. The van der Waals surface area contributed by atoms with Crippen molar-refractivity contribution in [3.05, 3.63) is 62.9 Å². The number of nitrogens with two attached hydrogens (primary N) is 1. The Morgan fingerprint density at radius 2 is 1.91 bits per heavy atom. The lowest BCUT2D eigenvalue weighted by molar-refractivity contribution is -0.114. The Balaban J connectivity index is 1.71. The van der Waals surface area contributed by atoms with Gasteiger partial charge in [-0.05, 0) is 43.0 Å². The van der Waals surface area contributed by atoms with Crippen molar-refractivity contribution in [1.82, 2.24) is 4.57 Å². The number of carboxylic acid groups (broad SMARTS) is 1. The fourth-order valence-corrected chi connectivity index (χ4v) is 4.79. The molecule has 176 valence electrons. The van der Waals surface area contributed by atoms with Gasteiger partial charge < -0.3 is 25.6 Å². The molecule has 2 aliphatic rings. The number of fused-ring (bicyclic) bond motifs is 2. The fourth-order valence-electron chi connectivity index (χ4n) is 4.79. The molecule has 1 aliphatic heterocycles. The zero-order valence-electron chi connectivity index (χ0n) is 18.5. The first-order valence-corrected chi connectivity index (χ1v) is 10.9. The average molecular weight is 468 g/mol. The Labute approximate surface area is 192 Å². The molecule has 0 radical (unpaired) electrons. The van der Waals surface area contributed by atoms with E-state index >= 15 is 8.78 Å². The van der Waals surface area contributed by atoms with Gasteiger partial charge in [0.2, 0.25) is 11.3 Å². The molecule has 1 atom stereocenters. The molecule has 1 saturated carbocycles. The summed E-state index contributed by atoms with van der Waals surface area (Å²) >= 11 is 0. The lowest BCUT2D eigenvalue weighted by atomic mass is 10.0. The predicted molar refractivity (Wildman–Crippen MR) is 123 cm³/mol. The number of carbonyl (C=O) groups excluding carboxylic acids is 1. The third kappa shape index (κ3) is 3.20. The molecule has 0 bridgehead atoms. The third-order valence-electron chi connectivity index (χ3n) is 6.54. The summed E-state index contributed by atoms with van der Waals surface area (Å²) in [6.07, 6.45) is 2.48. The Bertz CT molecular complexity index is 1460. The minimum atomic E-state index is -1.48. The van der Waals surface area contributed by atoms with E-state index in [4.69, 9.17) is 5.73 Å². The van der Waals surface area contributed by atoms with E-state index in [1.807, 2.05) is 0 Å². The molecule has 1 unspecified atom stereocenters. The number of anilines is 3. The van der Waals surface area contributed by atoms with Gasteiger partial charge in [-0.3, -0.25) is 9.59 Å². The van der Waals surface area contributed by atoms with Crippen molar-refractivity contribution in [3.63, 3.8) is 0 Å². The highest BCUT2D eigenvalue weighted by Gasteiger charge is 2.36. The molecule has 1 amide bonds. The van der Waals surface area contributed by atoms with E-state index in [0.29, 0.717) is 18.5 Å². The van der Waals surface area contributed by atoms with Gasteiger partial charge in [0, 0.05) is 31.4 Å². The van der Waals surface area contributed by atoms with Crippen LogP contribution in [0.1, 0.15) is 60.3 Å². The van der Waals surface area contributed by atoms with Crippen LogP contribution in [0.3, 0.4) is 0 Å².